The van der Waals surface area contributed by atoms with E-state index in [1.165, 1.54) is 44.6 Å². The second-order valence-corrected chi connectivity index (χ2v) is 5.84. The van der Waals surface area contributed by atoms with Gasteiger partial charge >= 0.3 is 0 Å². The van der Waals surface area contributed by atoms with E-state index >= 15 is 0 Å². The van der Waals surface area contributed by atoms with Crippen LogP contribution in [-0.2, 0) is 4.74 Å². The summed E-state index contributed by atoms with van der Waals surface area (Å²) in [7, 11) is 1.76. The third kappa shape index (κ3) is 7.29. The van der Waals surface area contributed by atoms with Gasteiger partial charge in [0.05, 0.1) is 6.61 Å². The van der Waals surface area contributed by atoms with Crippen molar-refractivity contribution in [3.05, 3.63) is 0 Å². The number of hydrogen-bond acceptors (Lipinski definition) is 4. The van der Waals surface area contributed by atoms with Crippen LogP contribution in [-0.4, -0.2) is 63.3 Å². The summed E-state index contributed by atoms with van der Waals surface area (Å²) in [6, 6.07) is 0. The summed E-state index contributed by atoms with van der Waals surface area (Å²) < 4.78 is 5.04. The minimum Gasteiger partial charge on any atom is -0.383 e. The van der Waals surface area contributed by atoms with E-state index in [1.54, 1.807) is 7.11 Å². The molecular weight excluding hydrogens is 232 g/mol. The van der Waals surface area contributed by atoms with Crippen molar-refractivity contribution in [1.29, 1.82) is 0 Å². The van der Waals surface area contributed by atoms with Crippen LogP contribution in [0.25, 0.3) is 0 Å². The second-order valence-electron chi connectivity index (χ2n) is 4.85. The van der Waals surface area contributed by atoms with Crippen LogP contribution in [0.5, 0.6) is 0 Å². The highest BCUT2D eigenvalue weighted by molar-refractivity contribution is 7.98. The number of hydrogen-bond donors (Lipinski definition) is 1. The van der Waals surface area contributed by atoms with Crippen molar-refractivity contribution in [2.75, 3.05) is 58.4 Å². The highest BCUT2D eigenvalue weighted by Crippen LogP contribution is 2.16. The van der Waals surface area contributed by atoms with Crippen molar-refractivity contribution in [2.24, 2.45) is 5.92 Å². The van der Waals surface area contributed by atoms with Crippen molar-refractivity contribution in [3.8, 4) is 0 Å². The molecule has 1 saturated heterocycles. The Hall–Kier alpha value is 0.230. The van der Waals surface area contributed by atoms with Crippen molar-refractivity contribution >= 4 is 11.8 Å². The molecule has 0 aliphatic carbocycles. The van der Waals surface area contributed by atoms with Gasteiger partial charge in [-0.25, -0.2) is 0 Å². The van der Waals surface area contributed by atoms with E-state index in [4.69, 9.17) is 4.74 Å². The van der Waals surface area contributed by atoms with Crippen LogP contribution in [0.3, 0.4) is 0 Å². The summed E-state index contributed by atoms with van der Waals surface area (Å²) in [6.45, 7) is 6.85. The Morgan fingerprint density at radius 2 is 2.35 bits per heavy atom. The lowest BCUT2D eigenvalue weighted by atomic mass is 9.98. The predicted molar refractivity (Wildman–Crippen MR) is 76.9 cm³/mol. The monoisotopic (exact) mass is 260 g/mol. The number of thioether (sulfide) groups is 1. The lowest BCUT2D eigenvalue weighted by Gasteiger charge is -2.32. The number of nitrogens with one attached hydrogen (secondary N) is 1. The highest BCUT2D eigenvalue weighted by atomic mass is 32.2. The van der Waals surface area contributed by atoms with Crippen molar-refractivity contribution in [3.63, 3.8) is 0 Å². The smallest absolute Gasteiger partial charge is 0.0587 e. The van der Waals surface area contributed by atoms with Gasteiger partial charge in [-0.2, -0.15) is 11.8 Å². The Bertz CT molecular complexity index is 181. The Morgan fingerprint density at radius 3 is 3.12 bits per heavy atom. The molecule has 0 spiro atoms. The minimum absolute atomic E-state index is 0.824. The van der Waals surface area contributed by atoms with E-state index < -0.39 is 0 Å². The normalized spacial score (nSPS) is 21.9. The number of ether oxygens (including phenoxy) is 1. The van der Waals surface area contributed by atoms with Gasteiger partial charge in [-0.3, -0.25) is 0 Å². The Labute approximate surface area is 111 Å². The molecule has 102 valence electrons. The van der Waals surface area contributed by atoms with Crippen molar-refractivity contribution in [1.82, 2.24) is 10.2 Å². The Balaban J connectivity index is 2.06. The molecule has 0 aromatic heterocycles. The lowest BCUT2D eigenvalue weighted by molar-refractivity contribution is 0.165. The fourth-order valence-electron chi connectivity index (χ4n) is 2.43. The standard InChI is InChI=1S/C13H28N2OS/c1-16-9-6-14-11-13-5-3-7-15(12-13)8-4-10-17-2/h13-14H,3-12H2,1-2H3. The number of likely N-dealkylation sites (tertiary alicyclic amines) is 1. The average molecular weight is 260 g/mol. The summed E-state index contributed by atoms with van der Waals surface area (Å²) >= 11 is 1.96. The quantitative estimate of drug-likeness (QED) is 0.638. The number of methoxy groups -OCH3 is 1. The van der Waals surface area contributed by atoms with E-state index in [0.29, 0.717) is 0 Å². The maximum Gasteiger partial charge on any atom is 0.0587 e. The van der Waals surface area contributed by atoms with Gasteiger partial charge in [0.25, 0.3) is 0 Å². The molecule has 1 unspecified atom stereocenters. The first-order valence-corrected chi connectivity index (χ1v) is 8.17. The van der Waals surface area contributed by atoms with E-state index in [2.05, 4.69) is 16.5 Å². The van der Waals surface area contributed by atoms with Crippen LogP contribution >= 0.6 is 11.8 Å². The SMILES string of the molecule is COCCNCC1CCCN(CCCSC)C1. The molecule has 0 aromatic rings. The summed E-state index contributed by atoms with van der Waals surface area (Å²) in [4.78, 5) is 2.64. The highest BCUT2D eigenvalue weighted by Gasteiger charge is 2.18. The Morgan fingerprint density at radius 1 is 1.47 bits per heavy atom. The topological polar surface area (TPSA) is 24.5 Å². The zero-order valence-electron chi connectivity index (χ0n) is 11.4. The molecule has 0 radical (unpaired) electrons. The van der Waals surface area contributed by atoms with Crippen molar-refractivity contribution < 1.29 is 4.74 Å². The summed E-state index contributed by atoms with van der Waals surface area (Å²) in [5.41, 5.74) is 0. The van der Waals surface area contributed by atoms with Gasteiger partial charge in [-0.1, -0.05) is 0 Å². The molecule has 3 nitrogen and oxygen atoms in total. The van der Waals surface area contributed by atoms with Gasteiger partial charge in [-0.15, -0.1) is 0 Å². The molecule has 1 N–H and O–H groups in total. The van der Waals surface area contributed by atoms with Gasteiger partial charge in [0, 0.05) is 20.2 Å². The molecule has 1 atom stereocenters. The van der Waals surface area contributed by atoms with Gasteiger partial charge in [0.1, 0.15) is 0 Å². The summed E-state index contributed by atoms with van der Waals surface area (Å²) in [5, 5.41) is 3.49. The maximum absolute atomic E-state index is 5.04. The molecule has 1 aliphatic heterocycles. The van der Waals surface area contributed by atoms with Crippen LogP contribution in [0.4, 0.5) is 0 Å². The van der Waals surface area contributed by atoms with Crippen LogP contribution in [0.15, 0.2) is 0 Å². The van der Waals surface area contributed by atoms with E-state index in [0.717, 1.165) is 25.6 Å². The van der Waals surface area contributed by atoms with Crippen LogP contribution < -0.4 is 5.32 Å². The second kappa shape index (κ2) is 10.2. The molecular formula is C13H28N2OS. The third-order valence-electron chi connectivity index (χ3n) is 3.34. The molecule has 17 heavy (non-hydrogen) atoms. The van der Waals surface area contributed by atoms with Crippen LogP contribution in [0, 0.1) is 5.92 Å². The van der Waals surface area contributed by atoms with Crippen LogP contribution in [0.2, 0.25) is 0 Å². The fraction of sp³-hybridized carbons (Fsp3) is 1.00. The molecule has 1 aliphatic rings. The first-order valence-electron chi connectivity index (χ1n) is 6.77. The largest absolute Gasteiger partial charge is 0.383 e. The molecule has 0 amide bonds. The van der Waals surface area contributed by atoms with Crippen LogP contribution in [0.1, 0.15) is 19.3 Å². The van der Waals surface area contributed by atoms with Gasteiger partial charge in [-0.05, 0) is 56.8 Å². The lowest BCUT2D eigenvalue weighted by Crippen LogP contribution is -2.40. The van der Waals surface area contributed by atoms with E-state index in [1.807, 2.05) is 11.8 Å². The average Bonchev–Trinajstić information content (AvgIpc) is 2.36. The maximum atomic E-state index is 5.04. The first kappa shape index (κ1) is 15.3. The minimum atomic E-state index is 0.824. The fourth-order valence-corrected chi connectivity index (χ4v) is 2.85. The number of piperidine rings is 1. The molecule has 4 heteroatoms. The summed E-state index contributed by atoms with van der Waals surface area (Å²) in [6.07, 6.45) is 6.29. The first-order chi connectivity index (χ1) is 8.36. The number of rotatable bonds is 9. The Kier molecular flexibility index (Phi) is 9.16. The molecule has 0 bridgehead atoms. The van der Waals surface area contributed by atoms with Crippen molar-refractivity contribution in [2.45, 2.75) is 19.3 Å². The molecule has 1 heterocycles. The van der Waals surface area contributed by atoms with Gasteiger partial charge < -0.3 is 15.0 Å². The molecule has 1 fully saturated rings. The predicted octanol–water partition coefficient (Wildman–Crippen LogP) is 1.69. The summed E-state index contributed by atoms with van der Waals surface area (Å²) in [5.74, 6) is 2.14. The molecule has 0 aromatic carbocycles. The molecule has 0 saturated carbocycles. The van der Waals surface area contributed by atoms with E-state index in [9.17, 15) is 0 Å². The third-order valence-corrected chi connectivity index (χ3v) is 4.04. The molecule has 1 rings (SSSR count). The van der Waals surface area contributed by atoms with Gasteiger partial charge in [0.2, 0.25) is 0 Å². The zero-order valence-corrected chi connectivity index (χ0v) is 12.2. The number of nitrogens with zero attached hydrogens (tertiary/aromatic N) is 1. The van der Waals surface area contributed by atoms with Gasteiger partial charge in [0.15, 0.2) is 0 Å². The zero-order chi connectivity index (χ0) is 12.3. The van der Waals surface area contributed by atoms with E-state index in [-0.39, 0.29) is 0 Å².